The molecule has 4 heteroatoms. The van der Waals surface area contributed by atoms with Gasteiger partial charge in [0.2, 0.25) is 0 Å². The lowest BCUT2D eigenvalue weighted by molar-refractivity contribution is 0.120. The molecule has 0 spiro atoms. The molecule has 0 amide bonds. The van der Waals surface area contributed by atoms with Crippen LogP contribution in [-0.2, 0) is 12.0 Å². The molecule has 2 unspecified atom stereocenters. The van der Waals surface area contributed by atoms with Gasteiger partial charge in [0, 0.05) is 6.42 Å². The van der Waals surface area contributed by atoms with E-state index in [1.165, 1.54) is 0 Å². The van der Waals surface area contributed by atoms with E-state index in [9.17, 15) is 5.11 Å². The number of hydrogen-bond donors (Lipinski definition) is 2. The van der Waals surface area contributed by atoms with E-state index in [1.54, 1.807) is 11.3 Å². The van der Waals surface area contributed by atoms with Gasteiger partial charge in [-0.25, -0.2) is 4.98 Å². The molecule has 1 aliphatic rings. The van der Waals surface area contributed by atoms with Gasteiger partial charge in [0.1, 0.15) is 10.5 Å². The predicted molar refractivity (Wildman–Crippen MR) is 80.7 cm³/mol. The van der Waals surface area contributed by atoms with Gasteiger partial charge in [-0.05, 0) is 23.3 Å². The number of aliphatic hydroxyl groups is 1. The Morgan fingerprint density at radius 3 is 2.75 bits per heavy atom. The van der Waals surface area contributed by atoms with Gasteiger partial charge in [0.15, 0.2) is 0 Å². The van der Waals surface area contributed by atoms with Crippen LogP contribution in [0.3, 0.4) is 0 Å². The molecule has 1 aromatic heterocycles. The zero-order chi connectivity index (χ0) is 13.7. The van der Waals surface area contributed by atoms with Gasteiger partial charge >= 0.3 is 0 Å². The minimum absolute atomic E-state index is 0.586. The number of fused-ring (bicyclic) bond motifs is 2. The Kier molecular flexibility index (Phi) is 2.48. The number of nitrogens with zero attached hydrogens (tertiary/aromatic N) is 1. The fourth-order valence-electron chi connectivity index (χ4n) is 2.96. The molecule has 0 bridgehead atoms. The first-order chi connectivity index (χ1) is 9.69. The van der Waals surface area contributed by atoms with E-state index < -0.39 is 11.6 Å². The number of hydrogen-bond acceptors (Lipinski definition) is 4. The first kappa shape index (κ1) is 12.0. The van der Waals surface area contributed by atoms with Gasteiger partial charge in [-0.1, -0.05) is 36.4 Å². The molecule has 0 fully saturated rings. The van der Waals surface area contributed by atoms with Crippen LogP contribution in [0.4, 0.5) is 0 Å². The van der Waals surface area contributed by atoms with Crippen LogP contribution in [0.15, 0.2) is 48.5 Å². The third-order valence-corrected chi connectivity index (χ3v) is 5.24. The Hall–Kier alpha value is -1.75. The highest BCUT2D eigenvalue weighted by Gasteiger charge is 2.46. The summed E-state index contributed by atoms with van der Waals surface area (Å²) in [7, 11) is 0. The van der Waals surface area contributed by atoms with Crippen LogP contribution in [0.25, 0.3) is 10.2 Å². The number of thiazole rings is 1. The number of aliphatic hydroxyl groups excluding tert-OH is 1. The molecular weight excluding hydrogens is 268 g/mol. The van der Waals surface area contributed by atoms with Crippen molar-refractivity contribution < 1.29 is 5.11 Å². The molecule has 2 aromatic carbocycles. The molecule has 1 heterocycles. The van der Waals surface area contributed by atoms with E-state index in [-0.39, 0.29) is 0 Å². The number of para-hydroxylation sites is 1. The highest BCUT2D eigenvalue weighted by molar-refractivity contribution is 7.18. The lowest BCUT2D eigenvalue weighted by atomic mass is 9.92. The minimum atomic E-state index is -0.889. The molecule has 3 N–H and O–H groups in total. The summed E-state index contributed by atoms with van der Waals surface area (Å²) in [5, 5.41) is 11.3. The van der Waals surface area contributed by atoms with Gasteiger partial charge in [0.25, 0.3) is 0 Å². The maximum Gasteiger partial charge on any atom is 0.121 e. The third-order valence-electron chi connectivity index (χ3n) is 4.05. The summed E-state index contributed by atoms with van der Waals surface area (Å²) >= 11 is 1.56. The van der Waals surface area contributed by atoms with Crippen LogP contribution in [0.2, 0.25) is 0 Å². The summed E-state index contributed by atoms with van der Waals surface area (Å²) in [5.41, 5.74) is 8.75. The van der Waals surface area contributed by atoms with Crippen molar-refractivity contribution in [3.8, 4) is 0 Å². The third kappa shape index (κ3) is 1.50. The smallest absolute Gasteiger partial charge is 0.121 e. The number of nitrogens with two attached hydrogens (primary N) is 1. The summed E-state index contributed by atoms with van der Waals surface area (Å²) in [6, 6.07) is 15.9. The Balaban J connectivity index is 1.95. The zero-order valence-corrected chi connectivity index (χ0v) is 11.6. The lowest BCUT2D eigenvalue weighted by Crippen LogP contribution is -2.45. The van der Waals surface area contributed by atoms with Crippen molar-refractivity contribution in [1.29, 1.82) is 0 Å². The second-order valence-electron chi connectivity index (χ2n) is 5.23. The molecule has 3 nitrogen and oxygen atoms in total. The quantitative estimate of drug-likeness (QED) is 0.720. The second-order valence-corrected chi connectivity index (χ2v) is 6.26. The normalized spacial score (nSPS) is 25.0. The van der Waals surface area contributed by atoms with E-state index >= 15 is 0 Å². The van der Waals surface area contributed by atoms with E-state index in [1.807, 2.05) is 48.5 Å². The second kappa shape index (κ2) is 4.12. The highest BCUT2D eigenvalue weighted by atomic mass is 32.1. The fourth-order valence-corrected chi connectivity index (χ4v) is 4.09. The molecule has 0 aliphatic heterocycles. The molecular formula is C16H14N2OS. The Morgan fingerprint density at radius 1 is 1.15 bits per heavy atom. The summed E-state index contributed by atoms with van der Waals surface area (Å²) in [6.45, 7) is 0. The van der Waals surface area contributed by atoms with Crippen molar-refractivity contribution in [3.05, 3.63) is 64.7 Å². The minimum Gasteiger partial charge on any atom is -0.390 e. The topological polar surface area (TPSA) is 59.1 Å². The predicted octanol–water partition coefficient (Wildman–Crippen LogP) is 2.42. The molecule has 100 valence electrons. The first-order valence-corrected chi connectivity index (χ1v) is 7.42. The molecule has 20 heavy (non-hydrogen) atoms. The SMILES string of the molecule is NC1(c2nc3ccccc3s2)c2ccccc2CC1O. The maximum atomic E-state index is 10.5. The number of aromatic nitrogens is 1. The van der Waals surface area contributed by atoms with Crippen molar-refractivity contribution in [1.82, 2.24) is 4.98 Å². The van der Waals surface area contributed by atoms with Crippen LogP contribution in [0.5, 0.6) is 0 Å². The monoisotopic (exact) mass is 282 g/mol. The average Bonchev–Trinajstić information content (AvgIpc) is 3.00. The molecule has 2 atom stereocenters. The van der Waals surface area contributed by atoms with E-state index in [4.69, 9.17) is 5.73 Å². The van der Waals surface area contributed by atoms with Crippen molar-refractivity contribution in [2.24, 2.45) is 5.73 Å². The summed E-state index contributed by atoms with van der Waals surface area (Å²) in [4.78, 5) is 4.65. The van der Waals surface area contributed by atoms with Gasteiger partial charge < -0.3 is 10.8 Å². The maximum absolute atomic E-state index is 10.5. The van der Waals surface area contributed by atoms with Gasteiger partial charge in [-0.2, -0.15) is 0 Å². The Bertz CT molecular complexity index is 765. The molecule has 0 saturated carbocycles. The molecule has 0 saturated heterocycles. The first-order valence-electron chi connectivity index (χ1n) is 6.61. The highest BCUT2D eigenvalue weighted by Crippen LogP contribution is 2.42. The van der Waals surface area contributed by atoms with Crippen LogP contribution in [0.1, 0.15) is 16.1 Å². The number of benzene rings is 2. The van der Waals surface area contributed by atoms with E-state index in [0.717, 1.165) is 26.4 Å². The zero-order valence-electron chi connectivity index (χ0n) is 10.8. The van der Waals surface area contributed by atoms with Gasteiger partial charge in [-0.3, -0.25) is 0 Å². The van der Waals surface area contributed by atoms with E-state index in [0.29, 0.717) is 6.42 Å². The van der Waals surface area contributed by atoms with Crippen molar-refractivity contribution >= 4 is 21.6 Å². The standard InChI is InChI=1S/C16H14N2OS/c17-16(11-6-2-1-5-10(11)9-14(16)19)15-18-12-7-3-4-8-13(12)20-15/h1-8,14,19H,9,17H2. The van der Waals surface area contributed by atoms with Crippen LogP contribution in [-0.4, -0.2) is 16.2 Å². The Labute approximate surface area is 120 Å². The van der Waals surface area contributed by atoms with Gasteiger partial charge in [-0.15, -0.1) is 11.3 Å². The van der Waals surface area contributed by atoms with Gasteiger partial charge in [0.05, 0.1) is 16.3 Å². The molecule has 3 aromatic rings. The Morgan fingerprint density at radius 2 is 1.90 bits per heavy atom. The molecule has 1 aliphatic carbocycles. The van der Waals surface area contributed by atoms with Crippen molar-refractivity contribution in [3.63, 3.8) is 0 Å². The molecule has 0 radical (unpaired) electrons. The lowest BCUT2D eigenvalue weighted by Gasteiger charge is -2.26. The number of rotatable bonds is 1. The summed E-state index contributed by atoms with van der Waals surface area (Å²) in [6.07, 6.45) is -0.0387. The summed E-state index contributed by atoms with van der Waals surface area (Å²) < 4.78 is 1.10. The molecule has 4 rings (SSSR count). The fraction of sp³-hybridized carbons (Fsp3) is 0.188. The van der Waals surface area contributed by atoms with E-state index in [2.05, 4.69) is 4.98 Å². The van der Waals surface area contributed by atoms with Crippen molar-refractivity contribution in [2.45, 2.75) is 18.1 Å². The van der Waals surface area contributed by atoms with Crippen LogP contribution >= 0.6 is 11.3 Å². The van der Waals surface area contributed by atoms with Crippen LogP contribution in [0, 0.1) is 0 Å². The average molecular weight is 282 g/mol. The van der Waals surface area contributed by atoms with Crippen LogP contribution < -0.4 is 5.73 Å². The largest absolute Gasteiger partial charge is 0.390 e. The van der Waals surface area contributed by atoms with Crippen molar-refractivity contribution in [2.75, 3.05) is 0 Å². The summed E-state index contributed by atoms with van der Waals surface area (Å²) in [5.74, 6) is 0.